The monoisotopic (exact) mass is 890 g/mol. The molecule has 3 N–H and O–H groups in total. The second kappa shape index (κ2) is 53.2. The molecule has 0 aromatic carbocycles. The fourth-order valence-corrected chi connectivity index (χ4v) is 8.93. The molecule has 374 valence electrons. The highest BCUT2D eigenvalue weighted by Gasteiger charge is 2.18. The standard InChI is InChI=1S/C57H111NO5/c1-3-5-7-9-11-13-15-17-19-20-22-25-29-33-37-41-45-49-55(60)54(53-59)58-56(61)50-46-42-38-34-30-26-23-24-28-32-36-40-44-48-52-63-57(62)51-47-43-39-35-31-27-21-18-16-14-12-10-8-6-4-2/h45,49,54-55,59-60H,3-44,46-48,50-53H2,1-2H3,(H,58,61)/b49-45+. The van der Waals surface area contributed by atoms with Gasteiger partial charge >= 0.3 is 5.97 Å². The summed E-state index contributed by atoms with van der Waals surface area (Å²) in [4.78, 5) is 24.5. The van der Waals surface area contributed by atoms with Crippen LogP contribution in [0.4, 0.5) is 0 Å². The molecule has 1 amide bonds. The van der Waals surface area contributed by atoms with E-state index in [9.17, 15) is 19.8 Å². The molecule has 2 atom stereocenters. The summed E-state index contributed by atoms with van der Waals surface area (Å²) in [5, 5.41) is 23.1. The van der Waals surface area contributed by atoms with Gasteiger partial charge < -0.3 is 20.3 Å². The van der Waals surface area contributed by atoms with E-state index >= 15 is 0 Å². The maximum atomic E-state index is 12.5. The average Bonchev–Trinajstić information content (AvgIpc) is 3.28. The minimum atomic E-state index is -0.850. The second-order valence-corrected chi connectivity index (χ2v) is 19.6. The van der Waals surface area contributed by atoms with Crippen molar-refractivity contribution in [3.05, 3.63) is 12.2 Å². The van der Waals surface area contributed by atoms with Crippen LogP contribution < -0.4 is 5.32 Å². The zero-order chi connectivity index (χ0) is 45.8. The number of rotatable bonds is 53. The SMILES string of the molecule is CCCCCCCCCCCCCCCCC/C=C/C(O)C(CO)NC(=O)CCCCCCCCCCCCCCCCOC(=O)CCCCCCCCCCCCCCCCC. The van der Waals surface area contributed by atoms with Crippen molar-refractivity contribution in [2.24, 2.45) is 0 Å². The van der Waals surface area contributed by atoms with E-state index < -0.39 is 12.1 Å². The number of unbranched alkanes of at least 4 members (excludes halogenated alkanes) is 42. The number of hydrogen-bond donors (Lipinski definition) is 3. The van der Waals surface area contributed by atoms with Gasteiger partial charge in [0.25, 0.3) is 0 Å². The molecule has 0 saturated heterocycles. The van der Waals surface area contributed by atoms with Crippen molar-refractivity contribution in [1.29, 1.82) is 0 Å². The molecule has 0 spiro atoms. The molecule has 0 aliphatic rings. The van der Waals surface area contributed by atoms with Gasteiger partial charge in [0, 0.05) is 12.8 Å². The van der Waals surface area contributed by atoms with Crippen LogP contribution in [-0.2, 0) is 14.3 Å². The van der Waals surface area contributed by atoms with E-state index in [2.05, 4.69) is 19.2 Å². The predicted molar refractivity (Wildman–Crippen MR) is 273 cm³/mol. The molecule has 0 aliphatic heterocycles. The smallest absolute Gasteiger partial charge is 0.305 e. The first kappa shape index (κ1) is 61.6. The summed E-state index contributed by atoms with van der Waals surface area (Å²) in [6, 6.07) is -0.635. The van der Waals surface area contributed by atoms with Crippen LogP contribution in [0.3, 0.4) is 0 Å². The van der Waals surface area contributed by atoms with Crippen LogP contribution >= 0.6 is 0 Å². The molecule has 0 saturated carbocycles. The molecule has 0 aliphatic carbocycles. The van der Waals surface area contributed by atoms with E-state index in [1.807, 2.05) is 6.08 Å². The lowest BCUT2D eigenvalue weighted by Crippen LogP contribution is -2.45. The number of carbonyl (C=O) groups is 2. The Balaban J connectivity index is 3.45. The number of aliphatic hydroxyl groups is 2. The Kier molecular flexibility index (Phi) is 52.0. The summed E-state index contributed by atoms with van der Waals surface area (Å²) >= 11 is 0. The molecule has 6 heteroatoms. The molecule has 0 bridgehead atoms. The highest BCUT2D eigenvalue weighted by atomic mass is 16.5. The van der Waals surface area contributed by atoms with E-state index in [4.69, 9.17) is 4.74 Å². The van der Waals surface area contributed by atoms with E-state index in [0.29, 0.717) is 19.4 Å². The van der Waals surface area contributed by atoms with E-state index in [0.717, 1.165) is 57.8 Å². The van der Waals surface area contributed by atoms with E-state index in [-0.39, 0.29) is 18.5 Å². The summed E-state index contributed by atoms with van der Waals surface area (Å²) in [5.74, 6) is -0.0758. The highest BCUT2D eigenvalue weighted by molar-refractivity contribution is 5.76. The lowest BCUT2D eigenvalue weighted by Gasteiger charge is -2.20. The van der Waals surface area contributed by atoms with E-state index in [1.165, 1.54) is 231 Å². The Bertz CT molecular complexity index is 939. The molecule has 2 unspecified atom stereocenters. The fourth-order valence-electron chi connectivity index (χ4n) is 8.93. The normalized spacial score (nSPS) is 12.6. The van der Waals surface area contributed by atoms with Gasteiger partial charge in [-0.1, -0.05) is 283 Å². The fraction of sp³-hybridized carbons (Fsp3) is 0.930. The van der Waals surface area contributed by atoms with Crippen molar-refractivity contribution in [3.8, 4) is 0 Å². The quantitative estimate of drug-likeness (QED) is 0.0321. The largest absolute Gasteiger partial charge is 0.466 e. The van der Waals surface area contributed by atoms with Crippen LogP contribution in [0, 0.1) is 0 Å². The minimum Gasteiger partial charge on any atom is -0.466 e. The number of carbonyl (C=O) groups excluding carboxylic acids is 2. The van der Waals surface area contributed by atoms with Crippen molar-refractivity contribution >= 4 is 11.9 Å². The number of ether oxygens (including phenoxy) is 1. The van der Waals surface area contributed by atoms with Crippen LogP contribution in [0.25, 0.3) is 0 Å². The second-order valence-electron chi connectivity index (χ2n) is 19.6. The average molecular weight is 891 g/mol. The number of esters is 1. The maximum Gasteiger partial charge on any atom is 0.305 e. The number of aliphatic hydroxyl groups excluding tert-OH is 2. The number of nitrogens with one attached hydrogen (secondary N) is 1. The Morgan fingerprint density at radius 2 is 0.730 bits per heavy atom. The van der Waals surface area contributed by atoms with Gasteiger partial charge in [0.15, 0.2) is 0 Å². The van der Waals surface area contributed by atoms with Gasteiger partial charge in [-0.2, -0.15) is 0 Å². The van der Waals surface area contributed by atoms with Gasteiger partial charge in [-0.3, -0.25) is 9.59 Å². The van der Waals surface area contributed by atoms with E-state index in [1.54, 1.807) is 6.08 Å². The van der Waals surface area contributed by atoms with Gasteiger partial charge in [-0.15, -0.1) is 0 Å². The predicted octanol–water partition coefficient (Wildman–Crippen LogP) is 17.3. The molecular formula is C57H111NO5. The van der Waals surface area contributed by atoms with Crippen LogP contribution in [0.2, 0.25) is 0 Å². The maximum absolute atomic E-state index is 12.5. The van der Waals surface area contributed by atoms with Crippen molar-refractivity contribution in [3.63, 3.8) is 0 Å². The number of hydrogen-bond acceptors (Lipinski definition) is 5. The van der Waals surface area contributed by atoms with Gasteiger partial charge in [0.05, 0.1) is 25.4 Å². The van der Waals surface area contributed by atoms with Gasteiger partial charge in [-0.25, -0.2) is 0 Å². The topological polar surface area (TPSA) is 95.9 Å². The molecule has 0 rings (SSSR count). The molecule has 0 aromatic rings. The molecule has 0 fully saturated rings. The lowest BCUT2D eigenvalue weighted by molar-refractivity contribution is -0.143. The molecule has 0 aromatic heterocycles. The van der Waals surface area contributed by atoms with Crippen molar-refractivity contribution in [1.82, 2.24) is 5.32 Å². The summed E-state index contributed by atoms with van der Waals surface area (Å²) in [7, 11) is 0. The zero-order valence-corrected chi connectivity index (χ0v) is 42.6. The summed E-state index contributed by atoms with van der Waals surface area (Å²) in [6.07, 6.45) is 62.2. The minimum absolute atomic E-state index is 0.0000233. The lowest BCUT2D eigenvalue weighted by atomic mass is 10.0. The van der Waals surface area contributed by atoms with Gasteiger partial charge in [0.1, 0.15) is 0 Å². The molecular weight excluding hydrogens is 779 g/mol. The summed E-state index contributed by atoms with van der Waals surface area (Å²) < 4.78 is 5.48. The summed E-state index contributed by atoms with van der Waals surface area (Å²) in [5.41, 5.74) is 0. The first-order valence-corrected chi connectivity index (χ1v) is 28.5. The van der Waals surface area contributed by atoms with Crippen LogP contribution in [0.5, 0.6) is 0 Å². The number of allylic oxidation sites excluding steroid dienone is 1. The highest BCUT2D eigenvalue weighted by Crippen LogP contribution is 2.17. The first-order chi connectivity index (χ1) is 31.0. The Morgan fingerprint density at radius 3 is 1.08 bits per heavy atom. The molecule has 6 nitrogen and oxygen atoms in total. The van der Waals surface area contributed by atoms with Gasteiger partial charge in [0.2, 0.25) is 5.91 Å². The van der Waals surface area contributed by atoms with Crippen LogP contribution in [-0.4, -0.2) is 47.4 Å². The van der Waals surface area contributed by atoms with Crippen LogP contribution in [0.1, 0.15) is 316 Å². The molecule has 63 heavy (non-hydrogen) atoms. The van der Waals surface area contributed by atoms with Crippen LogP contribution in [0.15, 0.2) is 12.2 Å². The zero-order valence-electron chi connectivity index (χ0n) is 42.6. The van der Waals surface area contributed by atoms with Gasteiger partial charge in [-0.05, 0) is 32.1 Å². The first-order valence-electron chi connectivity index (χ1n) is 28.5. The Hall–Kier alpha value is -1.40. The third-order valence-electron chi connectivity index (χ3n) is 13.3. The Labute approximate surface area is 393 Å². The molecule has 0 radical (unpaired) electrons. The number of amides is 1. The Morgan fingerprint density at radius 1 is 0.429 bits per heavy atom. The third kappa shape index (κ3) is 49.9. The van der Waals surface area contributed by atoms with Crippen molar-refractivity contribution in [2.75, 3.05) is 13.2 Å². The molecule has 0 heterocycles. The van der Waals surface area contributed by atoms with Crippen molar-refractivity contribution < 1.29 is 24.5 Å². The van der Waals surface area contributed by atoms with Crippen molar-refractivity contribution in [2.45, 2.75) is 328 Å². The third-order valence-corrected chi connectivity index (χ3v) is 13.3. The summed E-state index contributed by atoms with van der Waals surface area (Å²) in [6.45, 7) is 4.90.